The number of carbonyl (C=O) groups is 1. The van der Waals surface area contributed by atoms with Gasteiger partial charge in [0.05, 0.1) is 5.92 Å². The average molecular weight is 239 g/mol. The van der Waals surface area contributed by atoms with Crippen molar-refractivity contribution in [1.82, 2.24) is 4.90 Å². The third kappa shape index (κ3) is 2.82. The number of nitrogens with zero attached hydrogens (tertiary/aromatic N) is 1. The highest BCUT2D eigenvalue weighted by atomic mass is 16.4. The molecule has 2 aliphatic rings. The highest BCUT2D eigenvalue weighted by Gasteiger charge is 2.37. The Hall–Kier alpha value is -0.570. The number of aliphatic carboxylic acids is 1. The minimum atomic E-state index is -0.571. The molecule has 0 aromatic heterocycles. The predicted octanol–water partition coefficient (Wildman–Crippen LogP) is 2.89. The lowest BCUT2D eigenvalue weighted by molar-refractivity contribution is -0.144. The Morgan fingerprint density at radius 2 is 1.94 bits per heavy atom. The third-order valence-corrected chi connectivity index (χ3v) is 4.62. The molecule has 0 bridgehead atoms. The van der Waals surface area contributed by atoms with E-state index in [1.165, 1.54) is 32.1 Å². The van der Waals surface area contributed by atoms with Crippen molar-refractivity contribution in [2.75, 3.05) is 6.54 Å². The van der Waals surface area contributed by atoms with Crippen LogP contribution in [0.15, 0.2) is 0 Å². The van der Waals surface area contributed by atoms with E-state index >= 15 is 0 Å². The van der Waals surface area contributed by atoms with Gasteiger partial charge in [0, 0.05) is 12.1 Å². The lowest BCUT2D eigenvalue weighted by Gasteiger charge is -2.35. The van der Waals surface area contributed by atoms with Crippen molar-refractivity contribution in [3.8, 4) is 0 Å². The van der Waals surface area contributed by atoms with E-state index in [1.54, 1.807) is 0 Å². The van der Waals surface area contributed by atoms with Crippen LogP contribution in [0.3, 0.4) is 0 Å². The normalized spacial score (nSPS) is 35.7. The molecule has 17 heavy (non-hydrogen) atoms. The van der Waals surface area contributed by atoms with Crippen LogP contribution >= 0.6 is 0 Å². The maximum atomic E-state index is 11.4. The summed E-state index contributed by atoms with van der Waals surface area (Å²) >= 11 is 0. The summed E-state index contributed by atoms with van der Waals surface area (Å²) in [6, 6.07) is 0.947. The summed E-state index contributed by atoms with van der Waals surface area (Å²) in [7, 11) is 0. The lowest BCUT2D eigenvalue weighted by Crippen LogP contribution is -2.45. The smallest absolute Gasteiger partial charge is 0.308 e. The van der Waals surface area contributed by atoms with E-state index in [-0.39, 0.29) is 5.92 Å². The second-order valence-corrected chi connectivity index (χ2v) is 5.59. The summed E-state index contributed by atoms with van der Waals surface area (Å²) in [6.45, 7) is 3.35. The van der Waals surface area contributed by atoms with Crippen molar-refractivity contribution in [3.05, 3.63) is 0 Å². The molecule has 1 saturated heterocycles. The molecule has 0 spiro atoms. The minimum Gasteiger partial charge on any atom is -0.481 e. The molecule has 3 nitrogen and oxygen atoms in total. The van der Waals surface area contributed by atoms with E-state index < -0.39 is 5.97 Å². The minimum absolute atomic E-state index is 0.121. The quantitative estimate of drug-likeness (QED) is 0.770. The Bertz CT molecular complexity index is 267. The highest BCUT2D eigenvalue weighted by molar-refractivity contribution is 5.71. The van der Waals surface area contributed by atoms with Gasteiger partial charge in [0.25, 0.3) is 0 Å². The van der Waals surface area contributed by atoms with Crippen LogP contribution in [0.4, 0.5) is 0 Å². The van der Waals surface area contributed by atoms with Gasteiger partial charge in [0.2, 0.25) is 0 Å². The van der Waals surface area contributed by atoms with Crippen LogP contribution in [0.5, 0.6) is 0 Å². The molecule has 2 fully saturated rings. The van der Waals surface area contributed by atoms with Gasteiger partial charge in [0.15, 0.2) is 0 Å². The van der Waals surface area contributed by atoms with Crippen LogP contribution in [0.2, 0.25) is 0 Å². The number of carboxylic acid groups (broad SMARTS) is 1. The predicted molar refractivity (Wildman–Crippen MR) is 68.0 cm³/mol. The number of likely N-dealkylation sites (tertiary alicyclic amines) is 1. The Kier molecular flexibility index (Phi) is 4.43. The van der Waals surface area contributed by atoms with Crippen molar-refractivity contribution < 1.29 is 9.90 Å². The van der Waals surface area contributed by atoms with Gasteiger partial charge >= 0.3 is 5.97 Å². The van der Waals surface area contributed by atoms with Gasteiger partial charge in [0.1, 0.15) is 0 Å². The molecule has 1 saturated carbocycles. The summed E-state index contributed by atoms with van der Waals surface area (Å²) in [4.78, 5) is 14.0. The second kappa shape index (κ2) is 5.85. The van der Waals surface area contributed by atoms with Gasteiger partial charge in [-0.25, -0.2) is 0 Å². The van der Waals surface area contributed by atoms with Crippen molar-refractivity contribution >= 4 is 5.97 Å². The molecule has 1 aliphatic heterocycles. The fraction of sp³-hybridized carbons (Fsp3) is 0.929. The molecule has 0 aromatic carbocycles. The van der Waals surface area contributed by atoms with Gasteiger partial charge < -0.3 is 5.11 Å². The number of hydrogen-bond donors (Lipinski definition) is 1. The van der Waals surface area contributed by atoms with E-state index in [0.717, 1.165) is 25.8 Å². The lowest BCUT2D eigenvalue weighted by atomic mass is 9.92. The van der Waals surface area contributed by atoms with E-state index in [1.807, 2.05) is 0 Å². The van der Waals surface area contributed by atoms with Crippen LogP contribution in [0.25, 0.3) is 0 Å². The zero-order valence-electron chi connectivity index (χ0n) is 10.9. The van der Waals surface area contributed by atoms with Crippen molar-refractivity contribution in [2.24, 2.45) is 5.92 Å². The van der Waals surface area contributed by atoms with Gasteiger partial charge in [-0.2, -0.15) is 0 Å². The first-order valence-corrected chi connectivity index (χ1v) is 7.22. The molecule has 3 atom stereocenters. The molecule has 0 aromatic rings. The van der Waals surface area contributed by atoms with E-state index in [2.05, 4.69) is 11.8 Å². The van der Waals surface area contributed by atoms with E-state index in [0.29, 0.717) is 12.1 Å². The Labute approximate surface area is 104 Å². The van der Waals surface area contributed by atoms with Crippen molar-refractivity contribution in [3.63, 3.8) is 0 Å². The monoisotopic (exact) mass is 239 g/mol. The summed E-state index contributed by atoms with van der Waals surface area (Å²) in [5.41, 5.74) is 0. The Morgan fingerprint density at radius 1 is 1.18 bits per heavy atom. The zero-order valence-corrected chi connectivity index (χ0v) is 10.9. The molecular weight excluding hydrogens is 214 g/mol. The van der Waals surface area contributed by atoms with Gasteiger partial charge in [-0.3, -0.25) is 9.69 Å². The van der Waals surface area contributed by atoms with Crippen molar-refractivity contribution in [2.45, 2.75) is 70.4 Å². The third-order valence-electron chi connectivity index (χ3n) is 4.62. The standard InChI is InChI=1S/C14H25NO2/c1-2-11-7-6-10-15(11)13-9-5-3-4-8-12(13)14(16)17/h11-13H,2-10H2,1H3,(H,16,17). The van der Waals surface area contributed by atoms with Crippen LogP contribution in [0, 0.1) is 5.92 Å². The zero-order chi connectivity index (χ0) is 12.3. The number of carboxylic acids is 1. The average Bonchev–Trinajstić information content (AvgIpc) is 2.64. The Morgan fingerprint density at radius 3 is 2.65 bits per heavy atom. The first kappa shape index (κ1) is 12.9. The highest BCUT2D eigenvalue weighted by Crippen LogP contribution is 2.33. The van der Waals surface area contributed by atoms with Crippen LogP contribution in [-0.2, 0) is 4.79 Å². The maximum absolute atomic E-state index is 11.4. The van der Waals surface area contributed by atoms with Crippen molar-refractivity contribution in [1.29, 1.82) is 0 Å². The number of hydrogen-bond acceptors (Lipinski definition) is 2. The molecule has 0 radical (unpaired) electrons. The fourth-order valence-corrected chi connectivity index (χ4v) is 3.71. The van der Waals surface area contributed by atoms with Crippen LogP contribution in [-0.4, -0.2) is 34.6 Å². The first-order valence-electron chi connectivity index (χ1n) is 7.22. The van der Waals surface area contributed by atoms with Gasteiger partial charge in [-0.15, -0.1) is 0 Å². The molecule has 1 aliphatic carbocycles. The van der Waals surface area contributed by atoms with Crippen LogP contribution in [0.1, 0.15) is 58.3 Å². The summed E-state index contributed by atoms with van der Waals surface area (Å²) < 4.78 is 0. The first-order chi connectivity index (χ1) is 8.24. The van der Waals surface area contributed by atoms with E-state index in [9.17, 15) is 9.90 Å². The molecule has 1 N–H and O–H groups in total. The molecule has 1 heterocycles. The van der Waals surface area contributed by atoms with Crippen LogP contribution < -0.4 is 0 Å². The fourth-order valence-electron chi connectivity index (χ4n) is 3.71. The Balaban J connectivity index is 2.11. The largest absolute Gasteiger partial charge is 0.481 e. The molecule has 98 valence electrons. The topological polar surface area (TPSA) is 40.5 Å². The van der Waals surface area contributed by atoms with Gasteiger partial charge in [-0.05, 0) is 38.6 Å². The summed E-state index contributed by atoms with van der Waals surface area (Å²) in [6.07, 6.45) is 9.17. The van der Waals surface area contributed by atoms with Gasteiger partial charge in [-0.1, -0.05) is 26.2 Å². The number of rotatable bonds is 3. The molecule has 2 rings (SSSR count). The summed E-state index contributed by atoms with van der Waals surface area (Å²) in [5, 5.41) is 9.43. The maximum Gasteiger partial charge on any atom is 0.308 e. The molecule has 3 unspecified atom stereocenters. The molecule has 0 amide bonds. The SMILES string of the molecule is CCC1CCCN1C1CCCCCC1C(=O)O. The molecule has 3 heteroatoms. The van der Waals surface area contributed by atoms with E-state index in [4.69, 9.17) is 0 Å². The second-order valence-electron chi connectivity index (χ2n) is 5.59. The molecular formula is C14H25NO2. The summed E-state index contributed by atoms with van der Waals surface area (Å²) in [5.74, 6) is -0.691.